The van der Waals surface area contributed by atoms with E-state index in [9.17, 15) is 9.59 Å². The Morgan fingerprint density at radius 1 is 0.886 bits per heavy atom. The molecule has 0 atom stereocenters. The Labute approximate surface area is 202 Å². The molecular formula is C26H23N3O6. The molecule has 0 unspecified atom stereocenters. The van der Waals surface area contributed by atoms with E-state index >= 15 is 0 Å². The fourth-order valence-electron chi connectivity index (χ4n) is 3.27. The van der Waals surface area contributed by atoms with E-state index in [0.29, 0.717) is 39.7 Å². The van der Waals surface area contributed by atoms with Gasteiger partial charge in [0.25, 0.3) is 11.8 Å². The number of nitrogens with one attached hydrogen (secondary N) is 2. The lowest BCUT2D eigenvalue weighted by atomic mass is 10.1. The number of hydrogen-bond donors (Lipinski definition) is 2. The second-order valence-electron chi connectivity index (χ2n) is 7.30. The third-order valence-electron chi connectivity index (χ3n) is 5.02. The predicted octanol–water partition coefficient (Wildman–Crippen LogP) is 3.35. The van der Waals surface area contributed by atoms with Crippen molar-refractivity contribution >= 4 is 24.1 Å². The number of fused-ring (bicyclic) bond motifs is 1. The molecule has 178 valence electrons. The molecule has 1 heterocycles. The summed E-state index contributed by atoms with van der Waals surface area (Å²) in [5, 5.41) is 6.67. The Bertz CT molecular complexity index is 1290. The van der Waals surface area contributed by atoms with Crippen LogP contribution in [0.3, 0.4) is 0 Å². The molecule has 0 radical (unpaired) electrons. The molecule has 3 aromatic carbocycles. The summed E-state index contributed by atoms with van der Waals surface area (Å²) in [5.41, 5.74) is 4.16. The first kappa shape index (κ1) is 23.4. The third kappa shape index (κ3) is 5.77. The van der Waals surface area contributed by atoms with Gasteiger partial charge in [0.2, 0.25) is 6.79 Å². The van der Waals surface area contributed by atoms with Crippen molar-refractivity contribution in [1.29, 1.82) is 0 Å². The Morgan fingerprint density at radius 3 is 2.40 bits per heavy atom. The fourth-order valence-corrected chi connectivity index (χ4v) is 3.27. The molecule has 0 saturated carbocycles. The largest absolute Gasteiger partial charge is 0.493 e. The summed E-state index contributed by atoms with van der Waals surface area (Å²) in [6.45, 7) is 0.165. The van der Waals surface area contributed by atoms with Crippen molar-refractivity contribution in [2.75, 3.05) is 21.0 Å². The molecule has 9 nitrogen and oxygen atoms in total. The van der Waals surface area contributed by atoms with Crippen LogP contribution >= 0.6 is 0 Å². The highest BCUT2D eigenvalue weighted by atomic mass is 16.7. The number of rotatable bonds is 8. The number of benzene rings is 3. The van der Waals surface area contributed by atoms with Crippen LogP contribution in [0.25, 0.3) is 6.08 Å². The molecule has 0 saturated heterocycles. The summed E-state index contributed by atoms with van der Waals surface area (Å²) < 4.78 is 21.2. The summed E-state index contributed by atoms with van der Waals surface area (Å²) in [7, 11) is 3.05. The van der Waals surface area contributed by atoms with Crippen molar-refractivity contribution in [2.45, 2.75) is 0 Å². The minimum absolute atomic E-state index is 0.00564. The van der Waals surface area contributed by atoms with Crippen molar-refractivity contribution in [3.8, 4) is 23.0 Å². The van der Waals surface area contributed by atoms with Crippen molar-refractivity contribution in [2.24, 2.45) is 5.10 Å². The predicted molar refractivity (Wildman–Crippen MR) is 130 cm³/mol. The molecule has 0 aromatic heterocycles. The molecule has 9 heteroatoms. The van der Waals surface area contributed by atoms with Gasteiger partial charge in [0.1, 0.15) is 5.70 Å². The van der Waals surface area contributed by atoms with E-state index in [4.69, 9.17) is 18.9 Å². The highest BCUT2D eigenvalue weighted by molar-refractivity contribution is 6.05. The first-order valence-electron chi connectivity index (χ1n) is 10.6. The zero-order chi connectivity index (χ0) is 24.6. The van der Waals surface area contributed by atoms with Crippen LogP contribution in [0, 0.1) is 0 Å². The SMILES string of the molecule is COc1ccc(/C=C(/NC(=O)c2ccccc2)C(=O)N/N=C\c2ccc3c(c2)OCO3)cc1OC. The third-order valence-corrected chi connectivity index (χ3v) is 5.02. The van der Waals surface area contributed by atoms with Crippen LogP contribution in [-0.4, -0.2) is 39.0 Å². The van der Waals surface area contributed by atoms with Crippen LogP contribution < -0.4 is 29.7 Å². The van der Waals surface area contributed by atoms with Gasteiger partial charge in [0.05, 0.1) is 20.4 Å². The van der Waals surface area contributed by atoms with Gasteiger partial charge in [-0.2, -0.15) is 5.10 Å². The van der Waals surface area contributed by atoms with Crippen LogP contribution in [-0.2, 0) is 4.79 Å². The van der Waals surface area contributed by atoms with E-state index in [1.54, 1.807) is 66.7 Å². The summed E-state index contributed by atoms with van der Waals surface area (Å²) in [6.07, 6.45) is 2.99. The molecule has 3 aromatic rings. The summed E-state index contributed by atoms with van der Waals surface area (Å²) in [6, 6.07) is 19.0. The lowest BCUT2D eigenvalue weighted by molar-refractivity contribution is -0.117. The van der Waals surface area contributed by atoms with Gasteiger partial charge in [-0.05, 0) is 59.7 Å². The van der Waals surface area contributed by atoms with E-state index in [1.165, 1.54) is 26.5 Å². The maximum absolute atomic E-state index is 13.0. The highest BCUT2D eigenvalue weighted by Crippen LogP contribution is 2.32. The summed E-state index contributed by atoms with van der Waals surface area (Å²) in [4.78, 5) is 25.7. The van der Waals surface area contributed by atoms with Gasteiger partial charge < -0.3 is 24.3 Å². The maximum atomic E-state index is 13.0. The standard InChI is InChI=1S/C26H23N3O6/c1-32-21-10-8-17(13-23(21)33-2)12-20(28-25(30)19-6-4-3-5-7-19)26(31)29-27-15-18-9-11-22-24(14-18)35-16-34-22/h3-15H,16H2,1-2H3,(H,28,30)(H,29,31)/b20-12+,27-15-. The second-order valence-corrected chi connectivity index (χ2v) is 7.30. The number of carbonyl (C=O) groups excluding carboxylic acids is 2. The number of amides is 2. The van der Waals surface area contributed by atoms with E-state index in [-0.39, 0.29) is 12.5 Å². The quantitative estimate of drug-likeness (QED) is 0.295. The molecule has 0 fully saturated rings. The number of carbonyl (C=O) groups is 2. The van der Waals surface area contributed by atoms with Crippen molar-refractivity contribution in [3.05, 3.63) is 89.1 Å². The van der Waals surface area contributed by atoms with E-state index in [1.807, 2.05) is 0 Å². The van der Waals surface area contributed by atoms with Gasteiger partial charge in [0, 0.05) is 5.56 Å². The lowest BCUT2D eigenvalue weighted by Gasteiger charge is -2.11. The Kier molecular flexibility index (Phi) is 7.27. The zero-order valence-corrected chi connectivity index (χ0v) is 19.1. The van der Waals surface area contributed by atoms with Gasteiger partial charge in [0.15, 0.2) is 23.0 Å². The molecular weight excluding hydrogens is 450 g/mol. The van der Waals surface area contributed by atoms with E-state index < -0.39 is 11.8 Å². The van der Waals surface area contributed by atoms with E-state index in [2.05, 4.69) is 15.8 Å². The first-order valence-corrected chi connectivity index (χ1v) is 10.6. The molecule has 1 aliphatic rings. The number of hydrogen-bond acceptors (Lipinski definition) is 7. The Hall–Kier alpha value is -4.79. The average molecular weight is 473 g/mol. The number of hydrazone groups is 1. The lowest BCUT2D eigenvalue weighted by Crippen LogP contribution is -2.32. The van der Waals surface area contributed by atoms with Crippen LogP contribution in [0.5, 0.6) is 23.0 Å². The normalized spacial score (nSPS) is 12.3. The molecule has 0 bridgehead atoms. The average Bonchev–Trinajstić information content (AvgIpc) is 3.36. The van der Waals surface area contributed by atoms with Gasteiger partial charge >= 0.3 is 0 Å². The molecule has 2 N–H and O–H groups in total. The molecule has 1 aliphatic heterocycles. The topological polar surface area (TPSA) is 107 Å². The van der Waals surface area contributed by atoms with Gasteiger partial charge in [-0.1, -0.05) is 24.3 Å². The molecule has 2 amide bonds. The Balaban J connectivity index is 1.56. The maximum Gasteiger partial charge on any atom is 0.287 e. The van der Waals surface area contributed by atoms with Gasteiger partial charge in [-0.3, -0.25) is 9.59 Å². The minimum atomic E-state index is -0.610. The fraction of sp³-hybridized carbons (Fsp3) is 0.115. The minimum Gasteiger partial charge on any atom is -0.493 e. The van der Waals surface area contributed by atoms with Crippen LogP contribution in [0.4, 0.5) is 0 Å². The summed E-state index contributed by atoms with van der Waals surface area (Å²) >= 11 is 0. The van der Waals surface area contributed by atoms with E-state index in [0.717, 1.165) is 0 Å². The number of methoxy groups -OCH3 is 2. The monoisotopic (exact) mass is 473 g/mol. The van der Waals surface area contributed by atoms with Crippen molar-refractivity contribution in [3.63, 3.8) is 0 Å². The number of nitrogens with zero attached hydrogens (tertiary/aromatic N) is 1. The van der Waals surface area contributed by atoms with Gasteiger partial charge in [-0.15, -0.1) is 0 Å². The van der Waals surface area contributed by atoms with Crippen molar-refractivity contribution < 1.29 is 28.5 Å². The first-order chi connectivity index (χ1) is 17.1. The molecule has 0 spiro atoms. The second kappa shape index (κ2) is 10.9. The number of ether oxygens (including phenoxy) is 4. The zero-order valence-electron chi connectivity index (χ0n) is 19.1. The van der Waals surface area contributed by atoms with Crippen LogP contribution in [0.15, 0.2) is 77.5 Å². The molecule has 35 heavy (non-hydrogen) atoms. The highest BCUT2D eigenvalue weighted by Gasteiger charge is 2.16. The van der Waals surface area contributed by atoms with Gasteiger partial charge in [-0.25, -0.2) is 5.43 Å². The van der Waals surface area contributed by atoms with Crippen molar-refractivity contribution in [1.82, 2.24) is 10.7 Å². The molecule has 0 aliphatic carbocycles. The molecule has 4 rings (SSSR count). The van der Waals surface area contributed by atoms with Crippen LogP contribution in [0.2, 0.25) is 0 Å². The Morgan fingerprint density at radius 2 is 1.63 bits per heavy atom. The smallest absolute Gasteiger partial charge is 0.287 e. The summed E-state index contributed by atoms with van der Waals surface area (Å²) in [5.74, 6) is 1.22. The van der Waals surface area contributed by atoms with Crippen LogP contribution in [0.1, 0.15) is 21.5 Å².